The predicted molar refractivity (Wildman–Crippen MR) is 160 cm³/mol. The Morgan fingerprint density at radius 3 is 2.29 bits per heavy atom. The molecule has 1 unspecified atom stereocenters. The van der Waals surface area contributed by atoms with Gasteiger partial charge in [-0.3, -0.25) is 14.4 Å². The standard InChI is InChI=1S/C32H28FN3O4S/c1-21(30(37)34-25-16-14-24(33)15-17-25)41-28-13-7-11-26(20-28)35-32(39)29(19-22-8-6-12-27(18-22)40-2)36-31(38)23-9-4-3-5-10-23/h3-21H,1-2H3,(H,34,37)(H,35,39)(H,36,38)/b29-19-. The van der Waals surface area contributed by atoms with Crippen LogP contribution in [0.4, 0.5) is 15.8 Å². The van der Waals surface area contributed by atoms with Gasteiger partial charge in [0.25, 0.3) is 11.8 Å². The van der Waals surface area contributed by atoms with Crippen molar-refractivity contribution in [1.29, 1.82) is 0 Å². The molecule has 0 saturated carbocycles. The van der Waals surface area contributed by atoms with Crippen LogP contribution in [-0.4, -0.2) is 30.1 Å². The van der Waals surface area contributed by atoms with Gasteiger partial charge in [-0.2, -0.15) is 0 Å². The fourth-order valence-electron chi connectivity index (χ4n) is 3.72. The molecule has 0 heterocycles. The summed E-state index contributed by atoms with van der Waals surface area (Å²) in [7, 11) is 1.55. The second kappa shape index (κ2) is 14.0. The molecule has 0 fully saturated rings. The molecule has 0 aliphatic carbocycles. The molecule has 7 nitrogen and oxygen atoms in total. The number of nitrogens with one attached hydrogen (secondary N) is 3. The molecule has 4 aromatic carbocycles. The normalized spacial score (nSPS) is 11.7. The van der Waals surface area contributed by atoms with Crippen LogP contribution in [-0.2, 0) is 9.59 Å². The van der Waals surface area contributed by atoms with Gasteiger partial charge in [0.05, 0.1) is 12.4 Å². The van der Waals surface area contributed by atoms with E-state index in [4.69, 9.17) is 4.74 Å². The number of benzene rings is 4. The predicted octanol–water partition coefficient (Wildman–Crippen LogP) is 6.36. The fourth-order valence-corrected chi connectivity index (χ4v) is 4.65. The van der Waals surface area contributed by atoms with E-state index in [1.54, 1.807) is 92.9 Å². The number of methoxy groups -OCH3 is 1. The van der Waals surface area contributed by atoms with Crippen LogP contribution >= 0.6 is 11.8 Å². The molecule has 4 rings (SSSR count). The highest BCUT2D eigenvalue weighted by molar-refractivity contribution is 8.00. The van der Waals surface area contributed by atoms with Gasteiger partial charge >= 0.3 is 0 Å². The molecule has 0 spiro atoms. The number of carbonyl (C=O) groups excluding carboxylic acids is 3. The number of amides is 3. The van der Waals surface area contributed by atoms with E-state index in [0.29, 0.717) is 28.3 Å². The summed E-state index contributed by atoms with van der Waals surface area (Å²) < 4.78 is 18.4. The van der Waals surface area contributed by atoms with Gasteiger partial charge in [-0.05, 0) is 85.3 Å². The van der Waals surface area contributed by atoms with Crippen molar-refractivity contribution in [2.75, 3.05) is 17.7 Å². The number of rotatable bonds is 10. The van der Waals surface area contributed by atoms with E-state index in [1.807, 2.05) is 6.07 Å². The summed E-state index contributed by atoms with van der Waals surface area (Å²) in [6, 6.07) is 28.3. The number of hydrogen-bond acceptors (Lipinski definition) is 5. The van der Waals surface area contributed by atoms with E-state index in [0.717, 1.165) is 4.90 Å². The third kappa shape index (κ3) is 8.55. The number of thioether (sulfide) groups is 1. The highest BCUT2D eigenvalue weighted by atomic mass is 32.2. The topological polar surface area (TPSA) is 96.5 Å². The highest BCUT2D eigenvalue weighted by Gasteiger charge is 2.17. The average molecular weight is 570 g/mol. The Labute approximate surface area is 241 Å². The molecule has 4 aromatic rings. The van der Waals surface area contributed by atoms with E-state index in [1.165, 1.54) is 36.0 Å². The minimum atomic E-state index is -0.527. The second-order valence-electron chi connectivity index (χ2n) is 8.89. The van der Waals surface area contributed by atoms with Crippen LogP contribution in [0.25, 0.3) is 6.08 Å². The molecule has 0 radical (unpaired) electrons. The van der Waals surface area contributed by atoms with Crippen molar-refractivity contribution in [3.8, 4) is 5.75 Å². The second-order valence-corrected chi connectivity index (χ2v) is 10.3. The quantitative estimate of drug-likeness (QED) is 0.153. The largest absolute Gasteiger partial charge is 0.497 e. The Balaban J connectivity index is 1.49. The van der Waals surface area contributed by atoms with Gasteiger partial charge in [-0.25, -0.2) is 4.39 Å². The van der Waals surface area contributed by atoms with Crippen LogP contribution in [0.2, 0.25) is 0 Å². The lowest BCUT2D eigenvalue weighted by Gasteiger charge is -2.14. The van der Waals surface area contributed by atoms with E-state index < -0.39 is 17.1 Å². The first-order valence-electron chi connectivity index (χ1n) is 12.7. The lowest BCUT2D eigenvalue weighted by Crippen LogP contribution is -2.30. The lowest BCUT2D eigenvalue weighted by atomic mass is 10.1. The van der Waals surface area contributed by atoms with Crippen molar-refractivity contribution < 1.29 is 23.5 Å². The molecule has 208 valence electrons. The third-order valence-electron chi connectivity index (χ3n) is 5.82. The molecular formula is C32H28FN3O4S. The molecule has 3 amide bonds. The molecule has 0 saturated heterocycles. The number of hydrogen-bond donors (Lipinski definition) is 3. The number of halogens is 1. The fraction of sp³-hybridized carbons (Fsp3) is 0.0938. The maximum Gasteiger partial charge on any atom is 0.272 e. The minimum absolute atomic E-state index is 0.0391. The first kappa shape index (κ1) is 29.1. The van der Waals surface area contributed by atoms with Crippen LogP contribution in [0.5, 0.6) is 5.75 Å². The first-order valence-corrected chi connectivity index (χ1v) is 13.6. The Hall–Kier alpha value is -4.89. The zero-order chi connectivity index (χ0) is 29.2. The summed E-state index contributed by atoms with van der Waals surface area (Å²) in [4.78, 5) is 39.7. The maximum atomic E-state index is 13.4. The average Bonchev–Trinajstić information content (AvgIpc) is 2.98. The van der Waals surface area contributed by atoms with Crippen molar-refractivity contribution >= 4 is 46.9 Å². The molecule has 0 aliphatic heterocycles. The van der Waals surface area contributed by atoms with Gasteiger partial charge in [0.2, 0.25) is 5.91 Å². The van der Waals surface area contributed by atoms with E-state index in [2.05, 4.69) is 16.0 Å². The molecule has 0 aromatic heterocycles. The monoisotopic (exact) mass is 569 g/mol. The van der Waals surface area contributed by atoms with E-state index in [9.17, 15) is 18.8 Å². The van der Waals surface area contributed by atoms with Gasteiger partial charge in [0, 0.05) is 21.8 Å². The molecule has 0 bridgehead atoms. The van der Waals surface area contributed by atoms with Crippen LogP contribution in [0, 0.1) is 5.82 Å². The lowest BCUT2D eigenvalue weighted by molar-refractivity contribution is -0.115. The molecule has 9 heteroatoms. The minimum Gasteiger partial charge on any atom is -0.497 e. The summed E-state index contributed by atoms with van der Waals surface area (Å²) in [6.07, 6.45) is 1.57. The molecule has 41 heavy (non-hydrogen) atoms. The van der Waals surface area contributed by atoms with Gasteiger partial charge in [0.1, 0.15) is 17.3 Å². The molecular weight excluding hydrogens is 541 g/mol. The summed E-state index contributed by atoms with van der Waals surface area (Å²) in [5, 5.41) is 7.84. The summed E-state index contributed by atoms with van der Waals surface area (Å²) in [6.45, 7) is 1.75. The number of anilines is 2. The zero-order valence-corrected chi connectivity index (χ0v) is 23.2. The van der Waals surface area contributed by atoms with Gasteiger partial charge < -0.3 is 20.7 Å². The smallest absolute Gasteiger partial charge is 0.272 e. The molecule has 0 aliphatic rings. The van der Waals surface area contributed by atoms with Crippen LogP contribution in [0.3, 0.4) is 0 Å². The number of ether oxygens (including phenoxy) is 1. The van der Waals surface area contributed by atoms with Crippen molar-refractivity contribution in [3.63, 3.8) is 0 Å². The molecule has 1 atom stereocenters. The Bertz CT molecular complexity index is 1560. The van der Waals surface area contributed by atoms with Gasteiger partial charge in [-0.15, -0.1) is 11.8 Å². The highest BCUT2D eigenvalue weighted by Crippen LogP contribution is 2.27. The van der Waals surface area contributed by atoms with Crippen molar-refractivity contribution in [2.24, 2.45) is 0 Å². The number of carbonyl (C=O) groups is 3. The zero-order valence-electron chi connectivity index (χ0n) is 22.4. The summed E-state index contributed by atoms with van der Waals surface area (Å²) >= 11 is 1.30. The van der Waals surface area contributed by atoms with Gasteiger partial charge in [-0.1, -0.05) is 36.4 Å². The Morgan fingerprint density at radius 2 is 1.56 bits per heavy atom. The third-order valence-corrected chi connectivity index (χ3v) is 6.91. The van der Waals surface area contributed by atoms with Crippen LogP contribution < -0.4 is 20.7 Å². The van der Waals surface area contributed by atoms with Crippen LogP contribution in [0.15, 0.2) is 114 Å². The first-order chi connectivity index (χ1) is 19.8. The maximum absolute atomic E-state index is 13.4. The summed E-state index contributed by atoms with van der Waals surface area (Å²) in [5.41, 5.74) is 2.09. The Morgan fingerprint density at radius 1 is 0.829 bits per heavy atom. The summed E-state index contributed by atoms with van der Waals surface area (Å²) in [5.74, 6) is -0.981. The van der Waals surface area contributed by atoms with Crippen molar-refractivity contribution in [1.82, 2.24) is 5.32 Å². The Kier molecular flexibility index (Phi) is 9.90. The van der Waals surface area contributed by atoms with Crippen molar-refractivity contribution in [3.05, 3.63) is 126 Å². The van der Waals surface area contributed by atoms with E-state index >= 15 is 0 Å². The molecule has 3 N–H and O–H groups in total. The van der Waals surface area contributed by atoms with Crippen molar-refractivity contribution in [2.45, 2.75) is 17.1 Å². The SMILES string of the molecule is COc1cccc(/C=C(\NC(=O)c2ccccc2)C(=O)Nc2cccc(SC(C)C(=O)Nc3ccc(F)cc3)c2)c1. The van der Waals surface area contributed by atoms with Crippen LogP contribution in [0.1, 0.15) is 22.8 Å². The van der Waals surface area contributed by atoms with Gasteiger partial charge in [0.15, 0.2) is 0 Å². The van der Waals surface area contributed by atoms with E-state index in [-0.39, 0.29) is 17.4 Å².